The van der Waals surface area contributed by atoms with Gasteiger partial charge in [-0.3, -0.25) is 4.57 Å². The third-order valence-electron chi connectivity index (χ3n) is 5.43. The summed E-state index contributed by atoms with van der Waals surface area (Å²) in [4.78, 5) is 4.59. The molecule has 0 bridgehead atoms. The van der Waals surface area contributed by atoms with Crippen LogP contribution in [0.5, 0.6) is 5.75 Å². The largest absolute Gasteiger partial charge is 0.497 e. The van der Waals surface area contributed by atoms with Crippen molar-refractivity contribution in [2.45, 2.75) is 56.5 Å². The number of aryl methyl sites for hydroxylation is 1. The number of nitrogens with zero attached hydrogens (tertiary/aromatic N) is 4. The average Bonchev–Trinajstić information content (AvgIpc) is 3.33. The maximum Gasteiger partial charge on any atom is 0.192 e. The molecule has 3 aromatic rings. The van der Waals surface area contributed by atoms with E-state index in [4.69, 9.17) is 4.74 Å². The summed E-state index contributed by atoms with van der Waals surface area (Å²) in [6, 6.07) is 8.57. The lowest BCUT2D eigenvalue weighted by atomic mass is 9.85. The van der Waals surface area contributed by atoms with Gasteiger partial charge in [-0.25, -0.2) is 4.98 Å². The monoisotopic (exact) mass is 414 g/mol. The highest BCUT2D eigenvalue weighted by Gasteiger charge is 2.28. The molecule has 2 heterocycles. The van der Waals surface area contributed by atoms with E-state index in [2.05, 4.69) is 44.2 Å². The number of benzene rings is 1. The quantitative estimate of drug-likeness (QED) is 0.480. The standard InChI is InChI=1S/C21H26N4OS2/c1-14-6-4-5-7-19(14)25-20(16-8-10-18(26-3)11-9-16)23-24-21(25)28-13-17-12-27-15(2)22-17/h8-12,14,19H,4-7,13H2,1-3H3/t14-,19+/m1/s1. The van der Waals surface area contributed by atoms with E-state index in [1.54, 1.807) is 30.2 Å². The van der Waals surface area contributed by atoms with Crippen LogP contribution in [-0.4, -0.2) is 26.9 Å². The van der Waals surface area contributed by atoms with Crippen molar-refractivity contribution in [2.75, 3.05) is 7.11 Å². The summed E-state index contributed by atoms with van der Waals surface area (Å²) in [5.74, 6) is 3.27. The van der Waals surface area contributed by atoms with Gasteiger partial charge in [0.2, 0.25) is 0 Å². The molecular weight excluding hydrogens is 388 g/mol. The molecule has 1 aliphatic carbocycles. The number of thiazole rings is 1. The number of rotatable bonds is 6. The topological polar surface area (TPSA) is 52.8 Å². The maximum atomic E-state index is 5.31. The van der Waals surface area contributed by atoms with Crippen molar-refractivity contribution in [1.82, 2.24) is 19.7 Å². The van der Waals surface area contributed by atoms with E-state index in [-0.39, 0.29) is 0 Å². The summed E-state index contributed by atoms with van der Waals surface area (Å²) in [7, 11) is 1.69. The van der Waals surface area contributed by atoms with Crippen LogP contribution in [0.15, 0.2) is 34.8 Å². The van der Waals surface area contributed by atoms with Gasteiger partial charge in [0.1, 0.15) is 5.75 Å². The smallest absolute Gasteiger partial charge is 0.192 e. The van der Waals surface area contributed by atoms with Crippen molar-refractivity contribution in [1.29, 1.82) is 0 Å². The highest BCUT2D eigenvalue weighted by atomic mass is 32.2. The number of aromatic nitrogens is 4. The van der Waals surface area contributed by atoms with Crippen molar-refractivity contribution in [3.63, 3.8) is 0 Å². The predicted molar refractivity (Wildman–Crippen MR) is 115 cm³/mol. The summed E-state index contributed by atoms with van der Waals surface area (Å²) < 4.78 is 7.69. The van der Waals surface area contributed by atoms with Crippen LogP contribution in [0.4, 0.5) is 0 Å². The molecule has 1 saturated carbocycles. The van der Waals surface area contributed by atoms with Gasteiger partial charge in [0.25, 0.3) is 0 Å². The SMILES string of the molecule is COc1ccc(-c2nnc(SCc3csc(C)n3)n2[C@H]2CCCC[C@H]2C)cc1. The molecular formula is C21H26N4OS2. The minimum absolute atomic E-state index is 0.445. The van der Waals surface area contributed by atoms with Crippen LogP contribution >= 0.6 is 23.1 Å². The molecule has 0 spiro atoms. The van der Waals surface area contributed by atoms with Crippen LogP contribution in [0.3, 0.4) is 0 Å². The summed E-state index contributed by atoms with van der Waals surface area (Å²) in [6.07, 6.45) is 5.04. The summed E-state index contributed by atoms with van der Waals surface area (Å²) in [6.45, 7) is 4.41. The van der Waals surface area contributed by atoms with Crippen LogP contribution in [-0.2, 0) is 5.75 Å². The van der Waals surface area contributed by atoms with E-state index in [1.165, 1.54) is 25.7 Å². The molecule has 5 nitrogen and oxygen atoms in total. The molecule has 148 valence electrons. The Balaban J connectivity index is 1.67. The van der Waals surface area contributed by atoms with Crippen molar-refractivity contribution in [3.05, 3.63) is 40.3 Å². The second-order valence-corrected chi connectivity index (χ2v) is 9.39. The Morgan fingerprint density at radius 2 is 1.96 bits per heavy atom. The molecule has 4 rings (SSSR count). The first kappa shape index (κ1) is 19.5. The minimum Gasteiger partial charge on any atom is -0.497 e. The molecule has 28 heavy (non-hydrogen) atoms. The lowest BCUT2D eigenvalue weighted by Crippen LogP contribution is -2.22. The zero-order chi connectivity index (χ0) is 19.5. The zero-order valence-corrected chi connectivity index (χ0v) is 18.2. The van der Waals surface area contributed by atoms with E-state index in [9.17, 15) is 0 Å². The van der Waals surface area contributed by atoms with Gasteiger partial charge in [-0.05, 0) is 49.9 Å². The second-order valence-electron chi connectivity index (χ2n) is 7.38. The van der Waals surface area contributed by atoms with Crippen molar-refractivity contribution in [2.24, 2.45) is 5.92 Å². The number of hydrogen-bond acceptors (Lipinski definition) is 6. The molecule has 0 unspecified atom stereocenters. The molecule has 1 aliphatic rings. The molecule has 7 heteroatoms. The van der Waals surface area contributed by atoms with Gasteiger partial charge in [-0.2, -0.15) is 0 Å². The van der Waals surface area contributed by atoms with Gasteiger partial charge in [0.05, 0.1) is 17.8 Å². The number of methoxy groups -OCH3 is 1. The molecule has 1 fully saturated rings. The summed E-state index contributed by atoms with van der Waals surface area (Å²) >= 11 is 3.44. The van der Waals surface area contributed by atoms with Gasteiger partial charge in [0, 0.05) is 22.7 Å². The minimum atomic E-state index is 0.445. The molecule has 2 atom stereocenters. The summed E-state index contributed by atoms with van der Waals surface area (Å²) in [5.41, 5.74) is 2.20. The highest BCUT2D eigenvalue weighted by molar-refractivity contribution is 7.98. The van der Waals surface area contributed by atoms with E-state index in [0.29, 0.717) is 12.0 Å². The van der Waals surface area contributed by atoms with E-state index in [1.807, 2.05) is 19.1 Å². The molecule has 0 aliphatic heterocycles. The third-order valence-corrected chi connectivity index (χ3v) is 7.23. The third kappa shape index (κ3) is 4.10. The fourth-order valence-electron chi connectivity index (χ4n) is 3.90. The van der Waals surface area contributed by atoms with Crippen molar-refractivity contribution in [3.8, 4) is 17.1 Å². The van der Waals surface area contributed by atoms with Gasteiger partial charge in [-0.1, -0.05) is 31.5 Å². The Morgan fingerprint density at radius 1 is 1.18 bits per heavy atom. The first-order valence-corrected chi connectivity index (χ1v) is 11.7. The van der Waals surface area contributed by atoms with Crippen LogP contribution in [0.25, 0.3) is 11.4 Å². The Hall–Kier alpha value is -1.86. The average molecular weight is 415 g/mol. The van der Waals surface area contributed by atoms with Crippen LogP contribution in [0.1, 0.15) is 49.4 Å². The van der Waals surface area contributed by atoms with Crippen molar-refractivity contribution < 1.29 is 4.74 Å². The Morgan fingerprint density at radius 3 is 2.64 bits per heavy atom. The highest BCUT2D eigenvalue weighted by Crippen LogP contribution is 2.39. The number of ether oxygens (including phenoxy) is 1. The Labute approximate surface area is 174 Å². The number of hydrogen-bond donors (Lipinski definition) is 0. The zero-order valence-electron chi connectivity index (χ0n) is 16.6. The molecule has 0 saturated heterocycles. The lowest BCUT2D eigenvalue weighted by Gasteiger charge is -2.31. The first-order valence-electron chi connectivity index (χ1n) is 9.79. The first-order chi connectivity index (χ1) is 13.7. The fourth-order valence-corrected chi connectivity index (χ4v) is 5.51. The van der Waals surface area contributed by atoms with E-state index < -0.39 is 0 Å². The van der Waals surface area contributed by atoms with Crippen molar-refractivity contribution >= 4 is 23.1 Å². The Bertz CT molecular complexity index is 919. The van der Waals surface area contributed by atoms with E-state index >= 15 is 0 Å². The van der Waals surface area contributed by atoms with Gasteiger partial charge in [0.15, 0.2) is 11.0 Å². The molecule has 1 aromatic carbocycles. The van der Waals surface area contributed by atoms with Crippen LogP contribution < -0.4 is 4.74 Å². The van der Waals surface area contributed by atoms with Gasteiger partial charge >= 0.3 is 0 Å². The maximum absolute atomic E-state index is 5.31. The Kier molecular flexibility index (Phi) is 6.01. The fraction of sp³-hybridized carbons (Fsp3) is 0.476. The second kappa shape index (κ2) is 8.66. The summed E-state index contributed by atoms with van der Waals surface area (Å²) in [5, 5.41) is 13.4. The molecule has 0 N–H and O–H groups in total. The molecule has 0 amide bonds. The lowest BCUT2D eigenvalue weighted by molar-refractivity contribution is 0.247. The molecule has 0 radical (unpaired) electrons. The van der Waals surface area contributed by atoms with Gasteiger partial charge in [-0.15, -0.1) is 21.5 Å². The predicted octanol–water partition coefficient (Wildman–Crippen LogP) is 5.76. The van der Waals surface area contributed by atoms with E-state index in [0.717, 1.165) is 38.7 Å². The van der Waals surface area contributed by atoms with Crippen LogP contribution in [0.2, 0.25) is 0 Å². The van der Waals surface area contributed by atoms with Gasteiger partial charge < -0.3 is 4.74 Å². The van der Waals surface area contributed by atoms with Crippen LogP contribution in [0, 0.1) is 12.8 Å². The molecule has 2 aromatic heterocycles. The normalized spacial score (nSPS) is 19.7. The number of thioether (sulfide) groups is 1.